The topological polar surface area (TPSA) is 161 Å². The summed E-state index contributed by atoms with van der Waals surface area (Å²) in [6, 6.07) is 26.0. The Balaban J connectivity index is 1.45. The van der Waals surface area contributed by atoms with Crippen LogP contribution in [0.2, 0.25) is 0 Å². The number of hydrogen-bond donors (Lipinski definition) is 1. The van der Waals surface area contributed by atoms with E-state index >= 15 is 0 Å². The quantitative estimate of drug-likeness (QED) is 0.164. The molecule has 13 heteroatoms. The van der Waals surface area contributed by atoms with E-state index in [9.17, 15) is 24.0 Å². The van der Waals surface area contributed by atoms with E-state index in [0.29, 0.717) is 0 Å². The summed E-state index contributed by atoms with van der Waals surface area (Å²) in [7, 11) is 0. The van der Waals surface area contributed by atoms with E-state index in [-0.39, 0.29) is 42.1 Å². The summed E-state index contributed by atoms with van der Waals surface area (Å²) in [6.45, 7) is 1.70. The summed E-state index contributed by atoms with van der Waals surface area (Å²) in [4.78, 5) is 68.5. The smallest absolute Gasteiger partial charge is 0.351 e. The van der Waals surface area contributed by atoms with Crippen LogP contribution in [0, 0.1) is 0 Å². The van der Waals surface area contributed by atoms with Crippen molar-refractivity contribution in [3.8, 4) is 0 Å². The van der Waals surface area contributed by atoms with Gasteiger partial charge in [0.15, 0.2) is 18.4 Å². The lowest BCUT2D eigenvalue weighted by molar-refractivity contribution is -0.142. The van der Waals surface area contributed by atoms with Crippen molar-refractivity contribution in [2.24, 2.45) is 0 Å². The lowest BCUT2D eigenvalue weighted by Crippen LogP contribution is -2.42. The van der Waals surface area contributed by atoms with Gasteiger partial charge in [-0.1, -0.05) is 54.6 Å². The van der Waals surface area contributed by atoms with E-state index in [0.717, 1.165) is 4.57 Å². The molecule has 0 saturated carbocycles. The number of nitrogens with one attached hydrogen (secondary N) is 1. The minimum absolute atomic E-state index is 0.0553. The second-order valence-corrected chi connectivity index (χ2v) is 10.5. The molecular weight excluding hydrogens is 622 g/mol. The molecule has 1 aromatic heterocycles. The zero-order chi connectivity index (χ0) is 33.9. The first kappa shape index (κ1) is 33.5. The SMILES string of the molecule is CCOC(=O)CCNc1ccn([C@@H]2O[C@H](COC(=O)c3ccccc3)[C@@H](OC(=O)c3ccccc3)[C@H]2OC(=O)c2ccccc2)c(=O)n1. The molecule has 1 N–H and O–H groups in total. The van der Waals surface area contributed by atoms with Crippen molar-refractivity contribution in [3.63, 3.8) is 0 Å². The zero-order valence-corrected chi connectivity index (χ0v) is 25.9. The third-order valence-corrected chi connectivity index (χ3v) is 7.22. The summed E-state index contributed by atoms with van der Waals surface area (Å²) in [5.41, 5.74) is -0.0958. The van der Waals surface area contributed by atoms with Crippen LogP contribution in [0.25, 0.3) is 0 Å². The van der Waals surface area contributed by atoms with Crippen LogP contribution in [-0.2, 0) is 28.5 Å². The van der Waals surface area contributed by atoms with Crippen LogP contribution in [0.4, 0.5) is 5.82 Å². The number of rotatable bonds is 13. The standard InChI is InChI=1S/C35H33N3O10/c1-2-44-28(39)18-20-36-27-19-21-38(35(43)37-27)31-30(48-34(42)25-16-10-5-11-17-25)29(47-33(41)24-14-8-4-9-15-24)26(46-31)22-45-32(40)23-12-6-3-7-13-23/h3-17,19,21,26,29-31H,2,18,20,22H2,1H3,(H,36,37,43)/t26-,29-,30-,31-/m1/s1. The van der Waals surface area contributed by atoms with E-state index in [1.165, 1.54) is 12.3 Å². The molecule has 1 fully saturated rings. The first-order valence-corrected chi connectivity index (χ1v) is 15.2. The highest BCUT2D eigenvalue weighted by Gasteiger charge is 2.51. The predicted molar refractivity (Wildman–Crippen MR) is 170 cm³/mol. The van der Waals surface area contributed by atoms with E-state index in [2.05, 4.69) is 10.3 Å². The highest BCUT2D eigenvalue weighted by Crippen LogP contribution is 2.35. The molecule has 5 rings (SSSR count). The van der Waals surface area contributed by atoms with Gasteiger partial charge in [-0.05, 0) is 49.4 Å². The Bertz CT molecular complexity index is 1770. The van der Waals surface area contributed by atoms with Crippen LogP contribution in [0.15, 0.2) is 108 Å². The molecule has 248 valence electrons. The molecule has 0 radical (unpaired) electrons. The van der Waals surface area contributed by atoms with Crippen molar-refractivity contribution in [1.82, 2.24) is 9.55 Å². The monoisotopic (exact) mass is 655 g/mol. The van der Waals surface area contributed by atoms with Crippen LogP contribution >= 0.6 is 0 Å². The Labute approximate surface area is 275 Å². The molecule has 1 aliphatic heterocycles. The molecule has 1 saturated heterocycles. The maximum absolute atomic E-state index is 13.3. The summed E-state index contributed by atoms with van der Waals surface area (Å²) >= 11 is 0. The average molecular weight is 656 g/mol. The van der Waals surface area contributed by atoms with Crippen LogP contribution in [-0.4, -0.2) is 71.5 Å². The fourth-order valence-electron chi connectivity index (χ4n) is 4.91. The predicted octanol–water partition coefficient (Wildman–Crippen LogP) is 3.81. The highest BCUT2D eigenvalue weighted by molar-refractivity contribution is 5.91. The summed E-state index contributed by atoms with van der Waals surface area (Å²) in [5.74, 6) is -2.41. The van der Waals surface area contributed by atoms with E-state index in [1.54, 1.807) is 97.9 Å². The number of esters is 4. The van der Waals surface area contributed by atoms with Crippen molar-refractivity contribution in [2.45, 2.75) is 37.9 Å². The molecule has 13 nitrogen and oxygen atoms in total. The van der Waals surface area contributed by atoms with Gasteiger partial charge in [0.2, 0.25) is 0 Å². The largest absolute Gasteiger partial charge is 0.466 e. The first-order chi connectivity index (χ1) is 23.3. The third-order valence-electron chi connectivity index (χ3n) is 7.22. The van der Waals surface area contributed by atoms with Crippen LogP contribution < -0.4 is 11.0 Å². The normalized spacial score (nSPS) is 18.4. The Morgan fingerprint density at radius 1 is 0.750 bits per heavy atom. The number of nitrogens with zero attached hydrogens (tertiary/aromatic N) is 2. The summed E-state index contributed by atoms with van der Waals surface area (Å²) < 4.78 is 29.5. The van der Waals surface area contributed by atoms with Crippen molar-refractivity contribution >= 4 is 29.7 Å². The Hall–Kier alpha value is -5.82. The molecule has 4 aromatic rings. The van der Waals surface area contributed by atoms with Crippen molar-refractivity contribution in [1.29, 1.82) is 0 Å². The van der Waals surface area contributed by atoms with Crippen molar-refractivity contribution in [3.05, 3.63) is 130 Å². The number of anilines is 1. The Morgan fingerprint density at radius 3 is 1.83 bits per heavy atom. The Kier molecular flexibility index (Phi) is 11.3. The first-order valence-electron chi connectivity index (χ1n) is 15.2. The molecule has 0 amide bonds. The second-order valence-electron chi connectivity index (χ2n) is 10.5. The fraction of sp³-hybridized carbons (Fsp3) is 0.257. The second kappa shape index (κ2) is 16.1. The molecule has 0 unspecified atom stereocenters. The van der Waals surface area contributed by atoms with Crippen LogP contribution in [0.5, 0.6) is 0 Å². The number of carbonyl (C=O) groups excluding carboxylic acids is 4. The number of hydrogen-bond acceptors (Lipinski definition) is 12. The zero-order valence-electron chi connectivity index (χ0n) is 25.9. The fourth-order valence-corrected chi connectivity index (χ4v) is 4.91. The van der Waals surface area contributed by atoms with Gasteiger partial charge < -0.3 is 29.0 Å². The lowest BCUT2D eigenvalue weighted by Gasteiger charge is -2.25. The molecule has 1 aliphatic rings. The maximum atomic E-state index is 13.3. The van der Waals surface area contributed by atoms with Gasteiger partial charge in [-0.2, -0.15) is 4.98 Å². The van der Waals surface area contributed by atoms with Gasteiger partial charge >= 0.3 is 29.6 Å². The van der Waals surface area contributed by atoms with Crippen molar-refractivity contribution < 1.29 is 42.9 Å². The molecule has 0 bridgehead atoms. The minimum Gasteiger partial charge on any atom is -0.466 e. The molecule has 2 heterocycles. The maximum Gasteiger partial charge on any atom is 0.351 e. The number of benzene rings is 3. The highest BCUT2D eigenvalue weighted by atomic mass is 16.7. The Morgan fingerprint density at radius 2 is 1.29 bits per heavy atom. The average Bonchev–Trinajstić information content (AvgIpc) is 3.44. The van der Waals surface area contributed by atoms with Gasteiger partial charge in [-0.25, -0.2) is 19.2 Å². The van der Waals surface area contributed by atoms with Gasteiger partial charge in [-0.15, -0.1) is 0 Å². The third kappa shape index (κ3) is 8.50. The number of ether oxygens (including phenoxy) is 5. The van der Waals surface area contributed by atoms with Crippen LogP contribution in [0.3, 0.4) is 0 Å². The van der Waals surface area contributed by atoms with Crippen molar-refractivity contribution in [2.75, 3.05) is 25.1 Å². The molecule has 0 aliphatic carbocycles. The van der Waals surface area contributed by atoms with Gasteiger partial charge in [0.1, 0.15) is 18.5 Å². The van der Waals surface area contributed by atoms with Gasteiger partial charge in [0.05, 0.1) is 29.7 Å². The molecule has 3 aromatic carbocycles. The molecule has 4 atom stereocenters. The lowest BCUT2D eigenvalue weighted by atomic mass is 10.1. The van der Waals surface area contributed by atoms with E-state index < -0.39 is 60.7 Å². The van der Waals surface area contributed by atoms with Crippen LogP contribution in [0.1, 0.15) is 50.6 Å². The summed E-state index contributed by atoms with van der Waals surface area (Å²) in [6.07, 6.45) is -3.80. The van der Waals surface area contributed by atoms with E-state index in [4.69, 9.17) is 23.7 Å². The minimum atomic E-state index is -1.38. The summed E-state index contributed by atoms with van der Waals surface area (Å²) in [5, 5.41) is 2.89. The molecular formula is C35H33N3O10. The van der Waals surface area contributed by atoms with Gasteiger partial charge in [0.25, 0.3) is 0 Å². The molecule has 0 spiro atoms. The number of aromatic nitrogens is 2. The number of carbonyl (C=O) groups is 4. The molecule has 48 heavy (non-hydrogen) atoms. The van der Waals surface area contributed by atoms with Gasteiger partial charge in [0, 0.05) is 12.7 Å². The van der Waals surface area contributed by atoms with E-state index in [1.807, 2.05) is 0 Å². The van der Waals surface area contributed by atoms with Gasteiger partial charge in [-0.3, -0.25) is 9.36 Å².